The van der Waals surface area contributed by atoms with Crippen molar-refractivity contribution in [3.63, 3.8) is 0 Å². The first kappa shape index (κ1) is 18.4. The number of hydrogen-bond donors (Lipinski definition) is 2. The van der Waals surface area contributed by atoms with Gasteiger partial charge in [0, 0.05) is 24.3 Å². The van der Waals surface area contributed by atoms with Gasteiger partial charge in [-0.15, -0.1) is 0 Å². The minimum Gasteiger partial charge on any atom is -0.466 e. The number of carbonyl (C=O) groups excluding carboxylic acids is 4. The Kier molecular flexibility index (Phi) is 6.10. The van der Waals surface area contributed by atoms with Gasteiger partial charge in [0.05, 0.1) is 12.5 Å². The topological polar surface area (TPSA) is 119 Å². The highest BCUT2D eigenvalue weighted by molar-refractivity contribution is 6.39. The molecule has 1 fully saturated rings. The van der Waals surface area contributed by atoms with Crippen LogP contribution in [0.3, 0.4) is 0 Å². The highest BCUT2D eigenvalue weighted by Crippen LogP contribution is 2.18. The zero-order valence-electron chi connectivity index (χ0n) is 14.0. The molecule has 1 aliphatic rings. The Bertz CT molecular complexity index is 671. The SMILES string of the molecule is CCOC(=O)C1CCCN(C(=O)C(=O)Nc2ccc(C(N)=O)cc2)C1. The van der Waals surface area contributed by atoms with E-state index in [1.807, 2.05) is 0 Å². The first-order valence-electron chi connectivity index (χ1n) is 8.09. The Morgan fingerprint density at radius 2 is 1.92 bits per heavy atom. The number of nitrogens with one attached hydrogen (secondary N) is 1. The van der Waals surface area contributed by atoms with Gasteiger partial charge in [-0.05, 0) is 44.0 Å². The van der Waals surface area contributed by atoms with Crippen molar-refractivity contribution in [2.75, 3.05) is 25.0 Å². The summed E-state index contributed by atoms with van der Waals surface area (Å²) in [5.74, 6) is -2.82. The fourth-order valence-corrected chi connectivity index (χ4v) is 2.66. The minimum absolute atomic E-state index is 0.172. The summed E-state index contributed by atoms with van der Waals surface area (Å²) >= 11 is 0. The van der Waals surface area contributed by atoms with Gasteiger partial charge >= 0.3 is 17.8 Å². The van der Waals surface area contributed by atoms with Crippen LogP contribution in [0.1, 0.15) is 30.1 Å². The summed E-state index contributed by atoms with van der Waals surface area (Å²) in [4.78, 5) is 48.6. The minimum atomic E-state index is -0.795. The molecule has 1 unspecified atom stereocenters. The van der Waals surface area contributed by atoms with Crippen LogP contribution in [-0.4, -0.2) is 48.3 Å². The standard InChI is InChI=1S/C17H21N3O5/c1-2-25-17(24)12-4-3-9-20(10-12)16(23)15(22)19-13-7-5-11(6-8-13)14(18)21/h5-8,12H,2-4,9-10H2,1H3,(H2,18,21)(H,19,22). The first-order chi connectivity index (χ1) is 11.9. The molecule has 0 aliphatic carbocycles. The van der Waals surface area contributed by atoms with Crippen molar-refractivity contribution in [2.45, 2.75) is 19.8 Å². The molecule has 0 spiro atoms. The number of benzene rings is 1. The van der Waals surface area contributed by atoms with Crippen molar-refractivity contribution in [1.29, 1.82) is 0 Å². The molecule has 2 rings (SSSR count). The number of hydrogen-bond acceptors (Lipinski definition) is 5. The van der Waals surface area contributed by atoms with Crippen LogP contribution in [0.2, 0.25) is 0 Å². The zero-order chi connectivity index (χ0) is 18.4. The van der Waals surface area contributed by atoms with E-state index in [0.29, 0.717) is 30.6 Å². The normalized spacial score (nSPS) is 16.8. The molecule has 0 aromatic heterocycles. The largest absolute Gasteiger partial charge is 0.466 e. The van der Waals surface area contributed by atoms with Crippen LogP contribution in [0.25, 0.3) is 0 Å². The van der Waals surface area contributed by atoms with Gasteiger partial charge in [-0.1, -0.05) is 0 Å². The lowest BCUT2D eigenvalue weighted by Gasteiger charge is -2.30. The molecule has 1 aliphatic heterocycles. The summed E-state index contributed by atoms with van der Waals surface area (Å²) in [5.41, 5.74) is 5.83. The average Bonchev–Trinajstić information content (AvgIpc) is 2.61. The lowest BCUT2D eigenvalue weighted by atomic mass is 9.98. The van der Waals surface area contributed by atoms with E-state index >= 15 is 0 Å². The molecule has 0 bridgehead atoms. The van der Waals surface area contributed by atoms with Crippen LogP contribution in [0.5, 0.6) is 0 Å². The summed E-state index contributed by atoms with van der Waals surface area (Å²) in [7, 11) is 0. The zero-order valence-corrected chi connectivity index (χ0v) is 14.0. The third kappa shape index (κ3) is 4.79. The number of ether oxygens (including phenoxy) is 1. The maximum atomic E-state index is 12.3. The molecule has 25 heavy (non-hydrogen) atoms. The van der Waals surface area contributed by atoms with E-state index in [9.17, 15) is 19.2 Å². The Balaban J connectivity index is 1.95. The number of nitrogens with zero attached hydrogens (tertiary/aromatic N) is 1. The molecular weight excluding hydrogens is 326 g/mol. The molecule has 0 saturated carbocycles. The molecule has 8 heteroatoms. The van der Waals surface area contributed by atoms with Gasteiger partial charge in [-0.2, -0.15) is 0 Å². The lowest BCUT2D eigenvalue weighted by molar-refractivity contribution is -0.153. The van der Waals surface area contributed by atoms with Crippen LogP contribution in [-0.2, 0) is 19.1 Å². The Morgan fingerprint density at radius 3 is 2.52 bits per heavy atom. The smallest absolute Gasteiger partial charge is 0.313 e. The molecule has 8 nitrogen and oxygen atoms in total. The predicted molar refractivity (Wildman–Crippen MR) is 89.5 cm³/mol. The molecule has 3 N–H and O–H groups in total. The monoisotopic (exact) mass is 347 g/mol. The number of primary amides is 1. The van der Waals surface area contributed by atoms with E-state index in [-0.39, 0.29) is 19.1 Å². The van der Waals surface area contributed by atoms with Crippen LogP contribution < -0.4 is 11.1 Å². The molecule has 1 saturated heterocycles. The van der Waals surface area contributed by atoms with Crippen molar-refractivity contribution in [1.82, 2.24) is 4.90 Å². The summed E-state index contributed by atoms with van der Waals surface area (Å²) in [5, 5.41) is 2.48. The quantitative estimate of drug-likeness (QED) is 0.608. The van der Waals surface area contributed by atoms with Gasteiger partial charge in [-0.3, -0.25) is 19.2 Å². The van der Waals surface area contributed by atoms with Crippen molar-refractivity contribution in [3.8, 4) is 0 Å². The van der Waals surface area contributed by atoms with Crippen molar-refractivity contribution in [3.05, 3.63) is 29.8 Å². The van der Waals surface area contributed by atoms with Crippen LogP contribution in [0.15, 0.2) is 24.3 Å². The van der Waals surface area contributed by atoms with E-state index in [1.165, 1.54) is 29.2 Å². The average molecular weight is 347 g/mol. The predicted octanol–water partition coefficient (Wildman–Crippen LogP) is 0.526. The summed E-state index contributed by atoms with van der Waals surface area (Å²) < 4.78 is 4.98. The first-order valence-corrected chi connectivity index (χ1v) is 8.09. The van der Waals surface area contributed by atoms with Gasteiger partial charge in [0.2, 0.25) is 5.91 Å². The van der Waals surface area contributed by atoms with Gasteiger partial charge < -0.3 is 20.7 Å². The Labute approximate surface area is 145 Å². The Hall–Kier alpha value is -2.90. The van der Waals surface area contributed by atoms with Crippen LogP contribution in [0, 0.1) is 5.92 Å². The fourth-order valence-electron chi connectivity index (χ4n) is 2.66. The van der Waals surface area contributed by atoms with Gasteiger partial charge in [0.15, 0.2) is 0 Å². The van der Waals surface area contributed by atoms with Crippen LogP contribution in [0.4, 0.5) is 5.69 Å². The number of likely N-dealkylation sites (tertiary alicyclic amines) is 1. The number of amides is 3. The molecule has 1 heterocycles. The molecule has 1 atom stereocenters. The summed E-state index contributed by atoms with van der Waals surface area (Å²) in [6.45, 7) is 2.60. The van der Waals surface area contributed by atoms with E-state index < -0.39 is 23.6 Å². The van der Waals surface area contributed by atoms with Crippen molar-refractivity contribution < 1.29 is 23.9 Å². The number of piperidine rings is 1. The van der Waals surface area contributed by atoms with Gasteiger partial charge in [-0.25, -0.2) is 0 Å². The molecule has 134 valence electrons. The number of carbonyl (C=O) groups is 4. The Morgan fingerprint density at radius 1 is 1.24 bits per heavy atom. The second-order valence-corrected chi connectivity index (χ2v) is 5.74. The van der Waals surface area contributed by atoms with E-state index in [2.05, 4.69) is 5.32 Å². The van der Waals surface area contributed by atoms with Crippen molar-refractivity contribution in [2.24, 2.45) is 11.7 Å². The van der Waals surface area contributed by atoms with Crippen LogP contribution >= 0.6 is 0 Å². The lowest BCUT2D eigenvalue weighted by Crippen LogP contribution is -2.47. The summed E-state index contributed by atoms with van der Waals surface area (Å²) in [6, 6.07) is 5.89. The third-order valence-electron chi connectivity index (χ3n) is 3.95. The molecule has 3 amide bonds. The maximum absolute atomic E-state index is 12.3. The van der Waals surface area contributed by atoms with Gasteiger partial charge in [0.1, 0.15) is 0 Å². The second-order valence-electron chi connectivity index (χ2n) is 5.74. The number of esters is 1. The number of rotatable bonds is 4. The van der Waals surface area contributed by atoms with Crippen molar-refractivity contribution >= 4 is 29.4 Å². The van der Waals surface area contributed by atoms with E-state index in [0.717, 1.165) is 0 Å². The fraction of sp³-hybridized carbons (Fsp3) is 0.412. The molecule has 0 radical (unpaired) electrons. The third-order valence-corrected chi connectivity index (χ3v) is 3.95. The van der Waals surface area contributed by atoms with Gasteiger partial charge in [0.25, 0.3) is 0 Å². The molecule has 1 aromatic carbocycles. The highest BCUT2D eigenvalue weighted by atomic mass is 16.5. The molecular formula is C17H21N3O5. The highest BCUT2D eigenvalue weighted by Gasteiger charge is 2.31. The summed E-state index contributed by atoms with van der Waals surface area (Å²) in [6.07, 6.45) is 1.27. The van der Waals surface area contributed by atoms with E-state index in [4.69, 9.17) is 10.5 Å². The number of anilines is 1. The maximum Gasteiger partial charge on any atom is 0.313 e. The molecule has 1 aromatic rings. The van der Waals surface area contributed by atoms with E-state index in [1.54, 1.807) is 6.92 Å². The number of nitrogens with two attached hydrogens (primary N) is 1. The second kappa shape index (κ2) is 8.27.